The van der Waals surface area contributed by atoms with Crippen LogP contribution in [-0.2, 0) is 19.1 Å². The number of ether oxygens (including phenoxy) is 3. The number of esters is 1. The molecule has 0 spiro atoms. The minimum atomic E-state index is -0.787. The van der Waals surface area contributed by atoms with Crippen LogP contribution in [0.15, 0.2) is 18.2 Å². The van der Waals surface area contributed by atoms with Gasteiger partial charge in [0.15, 0.2) is 6.10 Å². The zero-order chi connectivity index (χ0) is 21.1. The molecule has 1 amide bonds. The molecule has 2 atom stereocenters. The van der Waals surface area contributed by atoms with E-state index in [1.807, 2.05) is 39.0 Å². The number of carbonyl (C=O) groups is 2. The first-order valence-corrected chi connectivity index (χ1v) is 10.4. The molecule has 0 N–H and O–H groups in total. The predicted molar refractivity (Wildman–Crippen MR) is 112 cm³/mol. The fourth-order valence-electron chi connectivity index (χ4n) is 3.34. The van der Waals surface area contributed by atoms with E-state index >= 15 is 0 Å². The van der Waals surface area contributed by atoms with Gasteiger partial charge in [0, 0.05) is 17.6 Å². The van der Waals surface area contributed by atoms with Crippen molar-refractivity contribution in [3.63, 3.8) is 0 Å². The Bertz CT molecular complexity index is 910. The number of benzene rings is 1. The number of hydrogen-bond donors (Lipinski definition) is 0. The number of amides is 1. The fourth-order valence-corrected chi connectivity index (χ4v) is 4.18. The van der Waals surface area contributed by atoms with Crippen LogP contribution in [-0.4, -0.2) is 49.3 Å². The molecule has 0 bridgehead atoms. The van der Waals surface area contributed by atoms with Crippen molar-refractivity contribution in [1.82, 2.24) is 4.98 Å². The number of rotatable bonds is 7. The Labute approximate surface area is 174 Å². The minimum Gasteiger partial charge on any atom is -0.478 e. The molecule has 1 aromatic heterocycles. The van der Waals surface area contributed by atoms with E-state index in [1.54, 1.807) is 18.3 Å². The number of anilines is 1. The topological polar surface area (TPSA) is 78.0 Å². The van der Waals surface area contributed by atoms with Crippen molar-refractivity contribution < 1.29 is 23.8 Å². The summed E-state index contributed by atoms with van der Waals surface area (Å²) < 4.78 is 16.1. The first-order chi connectivity index (χ1) is 13.9. The number of carbonyl (C=O) groups excluding carboxylic acids is 2. The molecule has 1 aliphatic rings. The maximum absolute atomic E-state index is 13.1. The Balaban J connectivity index is 1.99. The van der Waals surface area contributed by atoms with Gasteiger partial charge in [-0.05, 0) is 45.4 Å². The summed E-state index contributed by atoms with van der Waals surface area (Å²) in [6.07, 6.45) is -0.127. The minimum absolute atomic E-state index is 0.138. The lowest BCUT2D eigenvalue weighted by atomic mass is 10.0. The van der Waals surface area contributed by atoms with Crippen molar-refractivity contribution in [3.05, 3.63) is 28.1 Å². The molecule has 7 nitrogen and oxygen atoms in total. The van der Waals surface area contributed by atoms with E-state index < -0.39 is 18.1 Å². The van der Waals surface area contributed by atoms with Gasteiger partial charge in [0.1, 0.15) is 18.4 Å². The number of aryl methyl sites for hydroxylation is 2. The zero-order valence-electron chi connectivity index (χ0n) is 17.4. The highest BCUT2D eigenvalue weighted by molar-refractivity contribution is 7.11. The van der Waals surface area contributed by atoms with Gasteiger partial charge in [0.25, 0.3) is 5.91 Å². The van der Waals surface area contributed by atoms with Crippen molar-refractivity contribution in [2.24, 2.45) is 0 Å². The molecule has 0 saturated heterocycles. The van der Waals surface area contributed by atoms with Crippen molar-refractivity contribution in [3.8, 4) is 17.0 Å². The highest BCUT2D eigenvalue weighted by Crippen LogP contribution is 2.40. The fraction of sp³-hybridized carbons (Fsp3) is 0.476. The molecule has 1 aromatic carbocycles. The third-order valence-electron chi connectivity index (χ3n) is 4.81. The Morgan fingerprint density at radius 2 is 2.10 bits per heavy atom. The van der Waals surface area contributed by atoms with E-state index in [0.717, 1.165) is 21.1 Å². The van der Waals surface area contributed by atoms with Gasteiger partial charge in [0.2, 0.25) is 0 Å². The van der Waals surface area contributed by atoms with Crippen LogP contribution in [0.2, 0.25) is 0 Å². The number of thiazole rings is 1. The highest BCUT2D eigenvalue weighted by Gasteiger charge is 2.39. The molecule has 0 saturated carbocycles. The largest absolute Gasteiger partial charge is 0.478 e. The first kappa shape index (κ1) is 21.3. The van der Waals surface area contributed by atoms with Crippen LogP contribution in [0.3, 0.4) is 0 Å². The lowest BCUT2D eigenvalue weighted by molar-refractivity contribution is -0.147. The summed E-state index contributed by atoms with van der Waals surface area (Å²) in [4.78, 5) is 32.8. The lowest BCUT2D eigenvalue weighted by Crippen LogP contribution is -2.52. The number of methoxy groups -OCH3 is 1. The van der Waals surface area contributed by atoms with E-state index in [1.165, 1.54) is 12.0 Å². The number of aromatic nitrogens is 1. The molecule has 0 aliphatic carbocycles. The van der Waals surface area contributed by atoms with Gasteiger partial charge in [-0.15, -0.1) is 11.3 Å². The standard InChI is InChI=1S/C21H26N2O5S/c1-6-17-20(24)23(12(2)21(25)27-10-9-26-5)16-11-15(7-8-18(16)28-17)19-13(3)29-14(4)22-19/h7-8,11-12,17H,6,9-10H2,1-5H3. The smallest absolute Gasteiger partial charge is 0.329 e. The van der Waals surface area contributed by atoms with Gasteiger partial charge in [-0.2, -0.15) is 0 Å². The monoisotopic (exact) mass is 418 g/mol. The van der Waals surface area contributed by atoms with E-state index in [4.69, 9.17) is 14.2 Å². The van der Waals surface area contributed by atoms with Gasteiger partial charge in [0.05, 0.1) is 23.0 Å². The van der Waals surface area contributed by atoms with Crippen LogP contribution in [0.25, 0.3) is 11.3 Å². The Morgan fingerprint density at radius 1 is 1.34 bits per heavy atom. The molecular weight excluding hydrogens is 392 g/mol. The molecule has 1 aliphatic heterocycles. The third-order valence-corrected chi connectivity index (χ3v) is 5.69. The number of fused-ring (bicyclic) bond motifs is 1. The van der Waals surface area contributed by atoms with Crippen molar-refractivity contribution in [2.75, 3.05) is 25.2 Å². The molecule has 29 heavy (non-hydrogen) atoms. The van der Waals surface area contributed by atoms with E-state index in [9.17, 15) is 9.59 Å². The van der Waals surface area contributed by atoms with Crippen LogP contribution in [0.4, 0.5) is 5.69 Å². The normalized spacial score (nSPS) is 16.9. The van der Waals surface area contributed by atoms with Crippen LogP contribution < -0.4 is 9.64 Å². The van der Waals surface area contributed by atoms with Crippen molar-refractivity contribution in [2.45, 2.75) is 46.3 Å². The predicted octanol–water partition coefficient (Wildman–Crippen LogP) is 3.51. The van der Waals surface area contributed by atoms with Crippen LogP contribution >= 0.6 is 11.3 Å². The van der Waals surface area contributed by atoms with E-state index in [-0.39, 0.29) is 12.5 Å². The second kappa shape index (κ2) is 8.92. The molecule has 156 valence electrons. The second-order valence-corrected chi connectivity index (χ2v) is 8.29. The Kier molecular flexibility index (Phi) is 6.54. The van der Waals surface area contributed by atoms with Gasteiger partial charge < -0.3 is 14.2 Å². The van der Waals surface area contributed by atoms with Gasteiger partial charge in [-0.1, -0.05) is 6.92 Å². The molecular formula is C21H26N2O5S. The van der Waals surface area contributed by atoms with E-state index in [0.29, 0.717) is 24.5 Å². The average molecular weight is 419 g/mol. The number of hydrogen-bond acceptors (Lipinski definition) is 7. The molecule has 8 heteroatoms. The second-order valence-electron chi connectivity index (χ2n) is 6.88. The summed E-state index contributed by atoms with van der Waals surface area (Å²) in [6.45, 7) is 7.96. The molecule has 0 radical (unpaired) electrons. The lowest BCUT2D eigenvalue weighted by Gasteiger charge is -2.37. The quantitative estimate of drug-likeness (QED) is 0.506. The molecule has 3 rings (SSSR count). The van der Waals surface area contributed by atoms with Gasteiger partial charge in [-0.3, -0.25) is 9.69 Å². The Morgan fingerprint density at radius 3 is 2.72 bits per heavy atom. The summed E-state index contributed by atoms with van der Waals surface area (Å²) in [5.74, 6) is -0.162. The van der Waals surface area contributed by atoms with Gasteiger partial charge in [-0.25, -0.2) is 9.78 Å². The molecule has 2 aromatic rings. The van der Waals surface area contributed by atoms with E-state index in [2.05, 4.69) is 4.98 Å². The summed E-state index contributed by atoms with van der Waals surface area (Å²) in [7, 11) is 1.54. The van der Waals surface area contributed by atoms with Crippen LogP contribution in [0.1, 0.15) is 30.2 Å². The Hall–Kier alpha value is -2.45. The molecule has 2 heterocycles. The van der Waals surface area contributed by atoms with Crippen LogP contribution in [0, 0.1) is 13.8 Å². The van der Waals surface area contributed by atoms with Crippen LogP contribution in [0.5, 0.6) is 5.75 Å². The first-order valence-electron chi connectivity index (χ1n) is 9.61. The zero-order valence-corrected chi connectivity index (χ0v) is 18.2. The average Bonchev–Trinajstić information content (AvgIpc) is 3.04. The maximum Gasteiger partial charge on any atom is 0.329 e. The summed E-state index contributed by atoms with van der Waals surface area (Å²) in [5, 5.41) is 0.973. The maximum atomic E-state index is 13.1. The summed E-state index contributed by atoms with van der Waals surface area (Å²) in [6, 6.07) is 4.84. The summed E-state index contributed by atoms with van der Waals surface area (Å²) in [5.41, 5.74) is 2.30. The molecule has 0 fully saturated rings. The highest BCUT2D eigenvalue weighted by atomic mass is 32.1. The summed E-state index contributed by atoms with van der Waals surface area (Å²) >= 11 is 1.62. The van der Waals surface area contributed by atoms with Crippen molar-refractivity contribution >= 4 is 28.9 Å². The van der Waals surface area contributed by atoms with Crippen molar-refractivity contribution in [1.29, 1.82) is 0 Å². The third kappa shape index (κ3) is 4.28. The van der Waals surface area contributed by atoms with Gasteiger partial charge >= 0.3 is 5.97 Å². The number of nitrogens with zero attached hydrogens (tertiary/aromatic N) is 2. The molecule has 2 unspecified atom stereocenters. The SMILES string of the molecule is CCC1Oc2ccc(-c3nc(C)sc3C)cc2N(C(C)C(=O)OCCOC)C1=O.